The van der Waals surface area contributed by atoms with Crippen molar-refractivity contribution in [2.24, 2.45) is 0 Å². The Balaban J connectivity index is 1.45. The average molecular weight is 488 g/mol. The number of benzene rings is 1. The molecule has 0 unspecified atom stereocenters. The highest BCUT2D eigenvalue weighted by molar-refractivity contribution is 7.17. The van der Waals surface area contributed by atoms with Gasteiger partial charge in [-0.05, 0) is 80.0 Å². The highest BCUT2D eigenvalue weighted by atomic mass is 32.1. The maximum atomic E-state index is 13.2. The van der Waals surface area contributed by atoms with Crippen LogP contribution in [0.15, 0.2) is 51.9 Å². The molecule has 0 bridgehead atoms. The Morgan fingerprint density at radius 1 is 1.09 bits per heavy atom. The zero-order chi connectivity index (χ0) is 24.5. The van der Waals surface area contributed by atoms with Crippen LogP contribution in [0.25, 0.3) is 11.0 Å². The van der Waals surface area contributed by atoms with Gasteiger partial charge in [-0.3, -0.25) is 19.4 Å². The van der Waals surface area contributed by atoms with Crippen LogP contribution in [0.3, 0.4) is 0 Å². The molecule has 3 heterocycles. The molecule has 2 amide bonds. The van der Waals surface area contributed by atoms with Crippen LogP contribution in [-0.4, -0.2) is 16.8 Å². The SMILES string of the molecule is Cc1cc2oc(C(=O)Nc3sc4c(c3C(=O)NCc3cccnc3)CCCC4)cc(=O)c2cc1C. The van der Waals surface area contributed by atoms with Gasteiger partial charge in [0.2, 0.25) is 0 Å². The molecule has 1 aromatic carbocycles. The van der Waals surface area contributed by atoms with Crippen molar-refractivity contribution in [2.75, 3.05) is 5.32 Å². The maximum absolute atomic E-state index is 13.2. The zero-order valence-corrected chi connectivity index (χ0v) is 20.4. The number of nitrogens with one attached hydrogen (secondary N) is 2. The summed E-state index contributed by atoms with van der Waals surface area (Å²) < 4.78 is 5.81. The van der Waals surface area contributed by atoms with Crippen molar-refractivity contribution in [3.63, 3.8) is 0 Å². The van der Waals surface area contributed by atoms with Crippen LogP contribution in [0.1, 0.15) is 60.9 Å². The molecule has 0 radical (unpaired) electrons. The van der Waals surface area contributed by atoms with Crippen molar-refractivity contribution >= 4 is 39.1 Å². The third kappa shape index (κ3) is 4.61. The minimum atomic E-state index is -0.554. The van der Waals surface area contributed by atoms with Crippen LogP contribution < -0.4 is 16.1 Å². The van der Waals surface area contributed by atoms with Gasteiger partial charge in [-0.25, -0.2) is 0 Å². The number of anilines is 1. The van der Waals surface area contributed by atoms with E-state index in [1.165, 1.54) is 17.4 Å². The number of nitrogens with zero attached hydrogens (tertiary/aromatic N) is 1. The lowest BCUT2D eigenvalue weighted by Crippen LogP contribution is -2.25. The van der Waals surface area contributed by atoms with Crippen LogP contribution in [0.4, 0.5) is 5.00 Å². The fourth-order valence-electron chi connectivity index (χ4n) is 4.36. The first-order valence-corrected chi connectivity index (χ1v) is 12.4. The first kappa shape index (κ1) is 23.0. The molecule has 0 fully saturated rings. The quantitative estimate of drug-likeness (QED) is 0.416. The predicted molar refractivity (Wildman–Crippen MR) is 136 cm³/mol. The Labute approximate surface area is 206 Å². The molecule has 178 valence electrons. The number of amides is 2. The van der Waals surface area contributed by atoms with Crippen LogP contribution >= 0.6 is 11.3 Å². The van der Waals surface area contributed by atoms with Crippen LogP contribution in [-0.2, 0) is 19.4 Å². The van der Waals surface area contributed by atoms with Crippen molar-refractivity contribution in [1.29, 1.82) is 0 Å². The van der Waals surface area contributed by atoms with Gasteiger partial charge in [-0.1, -0.05) is 6.07 Å². The van der Waals surface area contributed by atoms with E-state index >= 15 is 0 Å². The van der Waals surface area contributed by atoms with E-state index < -0.39 is 5.91 Å². The summed E-state index contributed by atoms with van der Waals surface area (Å²) >= 11 is 1.42. The first-order valence-electron chi connectivity index (χ1n) is 11.6. The third-order valence-corrected chi connectivity index (χ3v) is 7.58. The predicted octanol–water partition coefficient (Wildman–Crippen LogP) is 4.93. The van der Waals surface area contributed by atoms with E-state index in [4.69, 9.17) is 4.42 Å². The monoisotopic (exact) mass is 487 g/mol. The van der Waals surface area contributed by atoms with Crippen molar-refractivity contribution < 1.29 is 14.0 Å². The summed E-state index contributed by atoms with van der Waals surface area (Å²) in [5.41, 5.74) is 4.41. The molecule has 8 heteroatoms. The van der Waals surface area contributed by atoms with Crippen molar-refractivity contribution in [3.05, 3.63) is 91.4 Å². The van der Waals surface area contributed by atoms with Gasteiger partial charge in [0.25, 0.3) is 11.8 Å². The summed E-state index contributed by atoms with van der Waals surface area (Å²) in [6.07, 6.45) is 7.11. The second-order valence-electron chi connectivity index (χ2n) is 8.82. The highest BCUT2D eigenvalue weighted by Crippen LogP contribution is 2.38. The Hall–Kier alpha value is -3.78. The van der Waals surface area contributed by atoms with Gasteiger partial charge >= 0.3 is 0 Å². The molecular formula is C27H25N3O4S. The fourth-order valence-corrected chi connectivity index (χ4v) is 5.64. The lowest BCUT2D eigenvalue weighted by atomic mass is 9.95. The highest BCUT2D eigenvalue weighted by Gasteiger charge is 2.27. The van der Waals surface area contributed by atoms with Gasteiger partial charge in [0.05, 0.1) is 10.9 Å². The Morgan fingerprint density at radius 3 is 2.69 bits per heavy atom. The molecule has 7 nitrogen and oxygen atoms in total. The largest absolute Gasteiger partial charge is 0.451 e. The first-order chi connectivity index (χ1) is 16.9. The standard InChI is InChI=1S/C27H25N3O4S/c1-15-10-19-20(31)12-22(34-21(19)11-16(15)2)25(32)30-27-24(18-7-3-4-8-23(18)35-27)26(33)29-14-17-6-5-9-28-13-17/h5-6,9-13H,3-4,7-8,14H2,1-2H3,(H,29,33)(H,30,32). The molecule has 0 aliphatic heterocycles. The van der Waals surface area contributed by atoms with E-state index in [9.17, 15) is 14.4 Å². The molecule has 2 N–H and O–H groups in total. The number of thiophene rings is 1. The summed E-state index contributed by atoms with van der Waals surface area (Å²) in [7, 11) is 0. The molecule has 0 atom stereocenters. The second-order valence-corrected chi connectivity index (χ2v) is 9.93. The number of fused-ring (bicyclic) bond motifs is 2. The van der Waals surface area contributed by atoms with Gasteiger partial charge < -0.3 is 15.1 Å². The second kappa shape index (κ2) is 9.46. The van der Waals surface area contributed by atoms with E-state index in [2.05, 4.69) is 15.6 Å². The number of hydrogen-bond donors (Lipinski definition) is 2. The van der Waals surface area contributed by atoms with Crippen LogP contribution in [0.5, 0.6) is 0 Å². The van der Waals surface area contributed by atoms with Crippen molar-refractivity contribution in [2.45, 2.75) is 46.1 Å². The molecule has 0 saturated carbocycles. The molecule has 4 aromatic rings. The van der Waals surface area contributed by atoms with Gasteiger partial charge in [-0.2, -0.15) is 0 Å². The molecule has 0 spiro atoms. The minimum absolute atomic E-state index is 0.0844. The minimum Gasteiger partial charge on any atom is -0.451 e. The number of pyridine rings is 1. The van der Waals surface area contributed by atoms with E-state index in [0.29, 0.717) is 28.1 Å². The van der Waals surface area contributed by atoms with Crippen LogP contribution in [0, 0.1) is 13.8 Å². The number of aromatic nitrogens is 1. The summed E-state index contributed by atoms with van der Waals surface area (Å²) in [5.74, 6) is -0.879. The molecule has 0 saturated heterocycles. The molecule has 1 aliphatic rings. The van der Waals surface area contributed by atoms with E-state index in [1.54, 1.807) is 24.5 Å². The maximum Gasteiger partial charge on any atom is 0.292 e. The number of aryl methyl sites for hydroxylation is 3. The summed E-state index contributed by atoms with van der Waals surface area (Å²) in [4.78, 5) is 44.3. The third-order valence-electron chi connectivity index (χ3n) is 6.37. The zero-order valence-electron chi connectivity index (χ0n) is 19.6. The number of rotatable bonds is 5. The summed E-state index contributed by atoms with van der Waals surface area (Å²) in [6.45, 7) is 4.19. The normalized spacial score (nSPS) is 12.9. The van der Waals surface area contributed by atoms with E-state index in [-0.39, 0.29) is 17.1 Å². The lowest BCUT2D eigenvalue weighted by Gasteiger charge is -2.13. The fraction of sp³-hybridized carbons (Fsp3) is 0.259. The summed E-state index contributed by atoms with van der Waals surface area (Å²) in [6, 6.07) is 8.46. The topological polar surface area (TPSA) is 101 Å². The molecule has 3 aromatic heterocycles. The number of hydrogen-bond acceptors (Lipinski definition) is 6. The van der Waals surface area contributed by atoms with Gasteiger partial charge in [-0.15, -0.1) is 11.3 Å². The molecule has 5 rings (SSSR count). The Bertz CT molecular complexity index is 1500. The molecular weight excluding hydrogens is 462 g/mol. The Kier molecular flexibility index (Phi) is 6.21. The van der Waals surface area contributed by atoms with Gasteiger partial charge in [0, 0.05) is 29.9 Å². The Morgan fingerprint density at radius 2 is 1.89 bits per heavy atom. The lowest BCUT2D eigenvalue weighted by molar-refractivity contribution is 0.0951. The smallest absolute Gasteiger partial charge is 0.292 e. The summed E-state index contributed by atoms with van der Waals surface area (Å²) in [5, 5.41) is 6.72. The van der Waals surface area contributed by atoms with Gasteiger partial charge in [0.1, 0.15) is 10.6 Å². The average Bonchev–Trinajstić information content (AvgIpc) is 3.22. The van der Waals surface area contributed by atoms with E-state index in [0.717, 1.165) is 52.8 Å². The molecule has 1 aliphatic carbocycles. The molecule has 35 heavy (non-hydrogen) atoms. The van der Waals surface area contributed by atoms with Crippen molar-refractivity contribution in [3.8, 4) is 0 Å². The van der Waals surface area contributed by atoms with Crippen LogP contribution in [0.2, 0.25) is 0 Å². The van der Waals surface area contributed by atoms with E-state index in [1.807, 2.05) is 26.0 Å². The number of carbonyl (C=O) groups excluding carboxylic acids is 2. The van der Waals surface area contributed by atoms with Gasteiger partial charge in [0.15, 0.2) is 11.2 Å². The van der Waals surface area contributed by atoms with Crippen molar-refractivity contribution in [1.82, 2.24) is 10.3 Å². The number of carbonyl (C=O) groups is 2.